The predicted octanol–water partition coefficient (Wildman–Crippen LogP) is 1.81. The molecule has 1 heterocycles. The Morgan fingerprint density at radius 3 is 2.68 bits per heavy atom. The van der Waals surface area contributed by atoms with Crippen molar-refractivity contribution in [2.24, 2.45) is 0 Å². The van der Waals surface area contributed by atoms with Gasteiger partial charge in [-0.25, -0.2) is 0 Å². The second kappa shape index (κ2) is 7.82. The van der Waals surface area contributed by atoms with Crippen LogP contribution < -0.4 is 10.1 Å². The monoisotopic (exact) mass is 304 g/mol. The van der Waals surface area contributed by atoms with E-state index in [1.807, 2.05) is 36.9 Å². The smallest absolute Gasteiger partial charge is 0.257 e. The highest BCUT2D eigenvalue weighted by Crippen LogP contribution is 2.20. The summed E-state index contributed by atoms with van der Waals surface area (Å²) in [7, 11) is 0. The Balaban J connectivity index is 1.67. The molecule has 0 radical (unpaired) electrons. The van der Waals surface area contributed by atoms with E-state index in [2.05, 4.69) is 5.32 Å². The Morgan fingerprint density at radius 1 is 1.23 bits per heavy atom. The van der Waals surface area contributed by atoms with Crippen LogP contribution in [0.2, 0.25) is 0 Å². The third-order valence-electron chi connectivity index (χ3n) is 4.03. The molecule has 2 amide bonds. The van der Waals surface area contributed by atoms with Crippen LogP contribution in [-0.2, 0) is 9.59 Å². The number of hydrogen-bond acceptors (Lipinski definition) is 3. The first-order valence-electron chi connectivity index (χ1n) is 7.81. The number of aryl methyl sites for hydroxylation is 1. The number of nitrogens with zero attached hydrogens (tertiary/aromatic N) is 1. The van der Waals surface area contributed by atoms with Gasteiger partial charge in [-0.2, -0.15) is 0 Å². The van der Waals surface area contributed by atoms with Crippen molar-refractivity contribution in [1.82, 2.24) is 10.2 Å². The Morgan fingerprint density at radius 2 is 1.95 bits per heavy atom. The van der Waals surface area contributed by atoms with Gasteiger partial charge in [0.1, 0.15) is 5.75 Å². The largest absolute Gasteiger partial charge is 0.483 e. The van der Waals surface area contributed by atoms with Crippen molar-refractivity contribution in [3.63, 3.8) is 0 Å². The summed E-state index contributed by atoms with van der Waals surface area (Å²) >= 11 is 0. The summed E-state index contributed by atoms with van der Waals surface area (Å²) in [5, 5.41) is 2.73. The SMILES string of the molecule is Cc1cccc(OCC(=O)NCCC(=O)N2CCCC2)c1C. The third-order valence-corrected chi connectivity index (χ3v) is 4.03. The van der Waals surface area contributed by atoms with Gasteiger partial charge in [-0.15, -0.1) is 0 Å². The van der Waals surface area contributed by atoms with Crippen LogP contribution >= 0.6 is 0 Å². The van der Waals surface area contributed by atoms with E-state index in [1.54, 1.807) is 0 Å². The molecule has 0 spiro atoms. The van der Waals surface area contributed by atoms with Crippen LogP contribution in [-0.4, -0.2) is 43.0 Å². The number of likely N-dealkylation sites (tertiary alicyclic amines) is 1. The van der Waals surface area contributed by atoms with E-state index < -0.39 is 0 Å². The molecule has 5 nitrogen and oxygen atoms in total. The maximum atomic E-state index is 11.8. The van der Waals surface area contributed by atoms with Crippen LogP contribution in [0.15, 0.2) is 18.2 Å². The quantitative estimate of drug-likeness (QED) is 0.872. The first-order chi connectivity index (χ1) is 10.6. The Kier molecular flexibility index (Phi) is 5.81. The second-order valence-corrected chi connectivity index (χ2v) is 5.67. The normalized spacial score (nSPS) is 14.0. The first kappa shape index (κ1) is 16.3. The summed E-state index contributed by atoms with van der Waals surface area (Å²) in [6.45, 7) is 6.01. The molecule has 0 aliphatic carbocycles. The minimum atomic E-state index is -0.199. The van der Waals surface area contributed by atoms with E-state index in [4.69, 9.17) is 4.74 Å². The number of carbonyl (C=O) groups is 2. The van der Waals surface area contributed by atoms with Gasteiger partial charge in [0.05, 0.1) is 0 Å². The molecule has 0 aromatic heterocycles. The van der Waals surface area contributed by atoms with Gasteiger partial charge in [-0.3, -0.25) is 9.59 Å². The molecule has 0 bridgehead atoms. The summed E-state index contributed by atoms with van der Waals surface area (Å²) in [4.78, 5) is 25.4. The Labute approximate surface area is 131 Å². The fraction of sp³-hybridized carbons (Fsp3) is 0.529. The maximum absolute atomic E-state index is 11.8. The Bertz CT molecular complexity index is 537. The van der Waals surface area contributed by atoms with Crippen molar-refractivity contribution in [3.8, 4) is 5.75 Å². The fourth-order valence-corrected chi connectivity index (χ4v) is 2.51. The van der Waals surface area contributed by atoms with Crippen molar-refractivity contribution in [2.75, 3.05) is 26.2 Å². The molecule has 5 heteroatoms. The molecule has 0 saturated carbocycles. The first-order valence-corrected chi connectivity index (χ1v) is 7.81. The second-order valence-electron chi connectivity index (χ2n) is 5.67. The highest BCUT2D eigenvalue weighted by Gasteiger charge is 2.17. The van der Waals surface area contributed by atoms with Crippen molar-refractivity contribution in [3.05, 3.63) is 29.3 Å². The van der Waals surface area contributed by atoms with Crippen molar-refractivity contribution in [2.45, 2.75) is 33.1 Å². The number of rotatable bonds is 6. The molecule has 1 aliphatic rings. The Hall–Kier alpha value is -2.04. The molecule has 1 fully saturated rings. The van der Waals surface area contributed by atoms with Gasteiger partial charge in [0, 0.05) is 26.1 Å². The zero-order valence-corrected chi connectivity index (χ0v) is 13.4. The van der Waals surface area contributed by atoms with Gasteiger partial charge < -0.3 is 15.0 Å². The van der Waals surface area contributed by atoms with Crippen molar-refractivity contribution < 1.29 is 14.3 Å². The van der Waals surface area contributed by atoms with Crippen molar-refractivity contribution in [1.29, 1.82) is 0 Å². The lowest BCUT2D eigenvalue weighted by atomic mass is 10.1. The summed E-state index contributed by atoms with van der Waals surface area (Å²) < 4.78 is 5.53. The zero-order valence-electron chi connectivity index (χ0n) is 13.4. The third kappa shape index (κ3) is 4.48. The van der Waals surface area contributed by atoms with Crippen LogP contribution in [0.25, 0.3) is 0 Å². The molecule has 1 aromatic rings. The minimum absolute atomic E-state index is 0.0256. The lowest BCUT2D eigenvalue weighted by Crippen LogP contribution is -2.34. The number of hydrogen-bond donors (Lipinski definition) is 1. The highest BCUT2D eigenvalue weighted by molar-refractivity contribution is 5.80. The van der Waals surface area contributed by atoms with E-state index in [-0.39, 0.29) is 18.4 Å². The number of ether oxygens (including phenoxy) is 1. The molecule has 1 aliphatic heterocycles. The maximum Gasteiger partial charge on any atom is 0.257 e. The summed E-state index contributed by atoms with van der Waals surface area (Å²) in [6.07, 6.45) is 2.53. The average molecular weight is 304 g/mol. The molecule has 0 unspecified atom stereocenters. The molecule has 1 saturated heterocycles. The van der Waals surface area contributed by atoms with Gasteiger partial charge in [0.25, 0.3) is 5.91 Å². The topological polar surface area (TPSA) is 58.6 Å². The number of carbonyl (C=O) groups excluding carboxylic acids is 2. The van der Waals surface area contributed by atoms with E-state index in [0.717, 1.165) is 42.8 Å². The van der Waals surface area contributed by atoms with Crippen LogP contribution in [0.4, 0.5) is 0 Å². The van der Waals surface area contributed by atoms with Gasteiger partial charge >= 0.3 is 0 Å². The minimum Gasteiger partial charge on any atom is -0.483 e. The molecule has 2 rings (SSSR count). The standard InChI is InChI=1S/C17H24N2O3/c1-13-6-5-7-15(14(13)2)22-12-16(20)18-9-8-17(21)19-10-3-4-11-19/h5-7H,3-4,8-12H2,1-2H3,(H,18,20). The number of nitrogens with one attached hydrogen (secondary N) is 1. The molecule has 0 atom stereocenters. The summed E-state index contributed by atoms with van der Waals surface area (Å²) in [5.74, 6) is 0.645. The lowest BCUT2D eigenvalue weighted by molar-refractivity contribution is -0.130. The van der Waals surface area contributed by atoms with Crippen LogP contribution in [0.1, 0.15) is 30.4 Å². The van der Waals surface area contributed by atoms with Crippen LogP contribution in [0.5, 0.6) is 5.75 Å². The zero-order chi connectivity index (χ0) is 15.9. The number of amides is 2. The van der Waals surface area contributed by atoms with E-state index in [9.17, 15) is 9.59 Å². The molecule has 1 aromatic carbocycles. The fourth-order valence-electron chi connectivity index (χ4n) is 2.51. The lowest BCUT2D eigenvalue weighted by Gasteiger charge is -2.15. The van der Waals surface area contributed by atoms with Gasteiger partial charge in [-0.05, 0) is 43.9 Å². The van der Waals surface area contributed by atoms with E-state index in [1.165, 1.54) is 0 Å². The van der Waals surface area contributed by atoms with Gasteiger partial charge in [0.2, 0.25) is 5.91 Å². The van der Waals surface area contributed by atoms with E-state index >= 15 is 0 Å². The van der Waals surface area contributed by atoms with Crippen molar-refractivity contribution >= 4 is 11.8 Å². The highest BCUT2D eigenvalue weighted by atomic mass is 16.5. The molecular formula is C17H24N2O3. The summed E-state index contributed by atoms with van der Waals surface area (Å²) in [6, 6.07) is 5.77. The van der Waals surface area contributed by atoms with Gasteiger partial charge in [-0.1, -0.05) is 12.1 Å². The van der Waals surface area contributed by atoms with Crippen LogP contribution in [0.3, 0.4) is 0 Å². The van der Waals surface area contributed by atoms with Gasteiger partial charge in [0.15, 0.2) is 6.61 Å². The van der Waals surface area contributed by atoms with Crippen LogP contribution in [0, 0.1) is 13.8 Å². The average Bonchev–Trinajstić information content (AvgIpc) is 3.03. The molecule has 22 heavy (non-hydrogen) atoms. The molecule has 120 valence electrons. The predicted molar refractivity (Wildman–Crippen MR) is 84.9 cm³/mol. The molecule has 1 N–H and O–H groups in total. The summed E-state index contributed by atoms with van der Waals surface area (Å²) in [5.41, 5.74) is 2.17. The molecular weight excluding hydrogens is 280 g/mol. The number of benzene rings is 1. The van der Waals surface area contributed by atoms with E-state index in [0.29, 0.717) is 13.0 Å².